The molecule has 0 unspecified atom stereocenters. The molecule has 3 rings (SSSR count). The van der Waals surface area contributed by atoms with Crippen LogP contribution in [-0.4, -0.2) is 87.4 Å². The second kappa shape index (κ2) is 15.8. The Morgan fingerprint density at radius 3 is 2.30 bits per heavy atom. The number of primary amides is 1. The summed E-state index contributed by atoms with van der Waals surface area (Å²) in [6, 6.07) is 10.2. The molecule has 1 aliphatic rings. The van der Waals surface area contributed by atoms with E-state index in [0.29, 0.717) is 18.4 Å². The molecule has 2 aromatic carbocycles. The molecule has 1 heterocycles. The number of ether oxygens (including phenoxy) is 1. The van der Waals surface area contributed by atoms with Gasteiger partial charge in [0.05, 0.1) is 17.4 Å². The average molecular weight is 641 g/mol. The summed E-state index contributed by atoms with van der Waals surface area (Å²) in [4.78, 5) is 76.0. The van der Waals surface area contributed by atoms with E-state index in [-0.39, 0.29) is 30.3 Å². The minimum Gasteiger partial charge on any atom is -0.484 e. The Kier molecular flexibility index (Phi) is 12.2. The molecule has 0 aromatic heterocycles. The summed E-state index contributed by atoms with van der Waals surface area (Å²) in [5.41, 5.74) is 5.30. The number of nitrogens with zero attached hydrogens (tertiary/aromatic N) is 2. The molecular formula is C31H40N6O9. The van der Waals surface area contributed by atoms with Crippen LogP contribution in [0, 0.1) is 10.1 Å². The number of likely N-dealkylation sites (tertiary alicyclic amines) is 1. The van der Waals surface area contributed by atoms with Gasteiger partial charge in [-0.25, -0.2) is 0 Å². The predicted molar refractivity (Wildman–Crippen MR) is 165 cm³/mol. The van der Waals surface area contributed by atoms with E-state index in [2.05, 4.69) is 16.0 Å². The first kappa shape index (κ1) is 35.4. The van der Waals surface area contributed by atoms with Crippen molar-refractivity contribution in [1.29, 1.82) is 0 Å². The number of nitrogens with one attached hydrogen (secondary N) is 3. The highest BCUT2D eigenvalue weighted by molar-refractivity contribution is 5.93. The molecule has 15 nitrogen and oxygen atoms in total. The molecule has 0 spiro atoms. The van der Waals surface area contributed by atoms with Crippen LogP contribution in [0.1, 0.15) is 45.6 Å². The number of rotatable bonds is 14. The summed E-state index contributed by atoms with van der Waals surface area (Å²) in [6.07, 6.45) is -1.41. The van der Waals surface area contributed by atoms with Crippen LogP contribution >= 0.6 is 0 Å². The second-order valence-electron chi connectivity index (χ2n) is 12.0. The second-order valence-corrected chi connectivity index (χ2v) is 12.0. The molecule has 0 bridgehead atoms. The van der Waals surface area contributed by atoms with Crippen molar-refractivity contribution >= 4 is 35.2 Å². The molecule has 46 heavy (non-hydrogen) atoms. The molecule has 0 radical (unpaired) electrons. The van der Waals surface area contributed by atoms with Crippen LogP contribution in [0.2, 0.25) is 0 Å². The Morgan fingerprint density at radius 2 is 1.72 bits per heavy atom. The minimum atomic E-state index is -1.78. The lowest BCUT2D eigenvalue weighted by atomic mass is 9.99. The summed E-state index contributed by atoms with van der Waals surface area (Å²) >= 11 is 0. The third kappa shape index (κ3) is 10.5. The maximum absolute atomic E-state index is 13.6. The molecule has 4 atom stereocenters. The van der Waals surface area contributed by atoms with E-state index in [4.69, 9.17) is 10.5 Å². The lowest BCUT2D eigenvalue weighted by molar-refractivity contribution is -0.384. The zero-order valence-electron chi connectivity index (χ0n) is 25.9. The van der Waals surface area contributed by atoms with Crippen molar-refractivity contribution in [1.82, 2.24) is 20.9 Å². The lowest BCUT2D eigenvalue weighted by Gasteiger charge is -2.32. The van der Waals surface area contributed by atoms with Gasteiger partial charge in [0.15, 0.2) is 12.7 Å². The van der Waals surface area contributed by atoms with Gasteiger partial charge >= 0.3 is 0 Å². The Bertz CT molecular complexity index is 1410. The smallest absolute Gasteiger partial charge is 0.269 e. The Labute approximate surface area is 266 Å². The van der Waals surface area contributed by atoms with Crippen LogP contribution < -0.4 is 26.4 Å². The Morgan fingerprint density at radius 1 is 1.07 bits per heavy atom. The van der Waals surface area contributed by atoms with Gasteiger partial charge in [0.25, 0.3) is 17.5 Å². The molecule has 1 saturated heterocycles. The summed E-state index contributed by atoms with van der Waals surface area (Å²) in [5.74, 6) is -3.55. The molecule has 5 amide bonds. The number of aliphatic hydroxyl groups is 1. The van der Waals surface area contributed by atoms with Crippen LogP contribution in [0.3, 0.4) is 0 Å². The molecule has 1 aliphatic heterocycles. The van der Waals surface area contributed by atoms with Gasteiger partial charge in [0.1, 0.15) is 17.8 Å². The van der Waals surface area contributed by atoms with Gasteiger partial charge in [-0.2, -0.15) is 0 Å². The molecule has 6 N–H and O–H groups in total. The monoisotopic (exact) mass is 640 g/mol. The molecular weight excluding hydrogens is 600 g/mol. The summed E-state index contributed by atoms with van der Waals surface area (Å²) in [6.45, 7) is 5.08. The van der Waals surface area contributed by atoms with Crippen molar-refractivity contribution in [3.05, 3.63) is 70.3 Å². The molecule has 2 aromatic rings. The number of amides is 5. The highest BCUT2D eigenvalue weighted by Gasteiger charge is 2.40. The van der Waals surface area contributed by atoms with Gasteiger partial charge in [-0.3, -0.25) is 34.1 Å². The van der Waals surface area contributed by atoms with Gasteiger partial charge in [0, 0.05) is 24.2 Å². The SMILES string of the molecule is CC(C)(C)NC(=O)[C@@H]1CCCN1C(=O)[C@@H](O)[C@H](Cc1ccccc1)NC(=O)[C@H](CC(N)=O)NC(=O)COc1ccc([N+](=O)[O-])cc1. The number of hydrogen-bond donors (Lipinski definition) is 5. The Hall–Kier alpha value is -5.05. The van der Waals surface area contributed by atoms with Gasteiger partial charge in [-0.15, -0.1) is 0 Å². The number of nitrogens with two attached hydrogens (primary N) is 1. The van der Waals surface area contributed by atoms with E-state index in [9.17, 15) is 39.2 Å². The summed E-state index contributed by atoms with van der Waals surface area (Å²) < 4.78 is 5.33. The lowest BCUT2D eigenvalue weighted by Crippen LogP contribution is -2.59. The molecule has 0 aliphatic carbocycles. The average Bonchev–Trinajstić information content (AvgIpc) is 3.49. The fourth-order valence-electron chi connectivity index (χ4n) is 4.95. The van der Waals surface area contributed by atoms with E-state index in [1.807, 2.05) is 20.8 Å². The van der Waals surface area contributed by atoms with Crippen LogP contribution in [0.25, 0.3) is 0 Å². The predicted octanol–water partition coefficient (Wildman–Crippen LogP) is 0.328. The first-order chi connectivity index (χ1) is 21.6. The van der Waals surface area contributed by atoms with Gasteiger partial charge in [-0.1, -0.05) is 30.3 Å². The standard InChI is InChI=1S/C31H40N6O9/c1-31(2,3)35-29(42)24-10-7-15-36(24)30(43)27(40)22(16-19-8-5-4-6-9-19)34-28(41)23(17-25(32)38)33-26(39)18-46-21-13-11-20(12-14-21)37(44)45/h4-6,8-9,11-14,22-24,27,40H,7,10,15-18H2,1-3H3,(H2,32,38)(H,33,39)(H,34,41)(H,35,42)/t22-,23-,24-,27-/m0/s1. The van der Waals surface area contributed by atoms with E-state index in [0.717, 1.165) is 0 Å². The minimum absolute atomic E-state index is 0.00662. The third-order valence-corrected chi connectivity index (χ3v) is 7.07. The van der Waals surface area contributed by atoms with Gasteiger partial charge in [0.2, 0.25) is 17.7 Å². The number of nitro groups is 1. The Balaban J connectivity index is 1.75. The number of carbonyl (C=O) groups excluding carboxylic acids is 5. The van der Waals surface area contributed by atoms with Crippen LogP contribution in [0.5, 0.6) is 5.75 Å². The van der Waals surface area contributed by atoms with E-state index in [1.54, 1.807) is 30.3 Å². The van der Waals surface area contributed by atoms with Crippen LogP contribution in [0.15, 0.2) is 54.6 Å². The van der Waals surface area contributed by atoms with Crippen LogP contribution in [0.4, 0.5) is 5.69 Å². The van der Waals surface area contributed by atoms with Crippen molar-refractivity contribution < 1.29 is 38.7 Å². The first-order valence-corrected chi connectivity index (χ1v) is 14.7. The first-order valence-electron chi connectivity index (χ1n) is 14.7. The van der Waals surface area contributed by atoms with Crippen molar-refractivity contribution in [3.63, 3.8) is 0 Å². The van der Waals surface area contributed by atoms with Crippen molar-refractivity contribution in [2.45, 2.75) is 76.2 Å². The zero-order valence-corrected chi connectivity index (χ0v) is 25.9. The molecule has 248 valence electrons. The van der Waals surface area contributed by atoms with E-state index in [1.165, 1.54) is 29.2 Å². The molecule has 0 saturated carbocycles. The fraction of sp³-hybridized carbons (Fsp3) is 0.452. The van der Waals surface area contributed by atoms with Gasteiger partial charge in [-0.05, 0) is 57.7 Å². The number of hydrogen-bond acceptors (Lipinski definition) is 9. The van der Waals surface area contributed by atoms with E-state index >= 15 is 0 Å². The number of benzene rings is 2. The molecule has 1 fully saturated rings. The fourth-order valence-corrected chi connectivity index (χ4v) is 4.95. The van der Waals surface area contributed by atoms with Crippen LogP contribution in [-0.2, 0) is 30.4 Å². The maximum atomic E-state index is 13.6. The highest BCUT2D eigenvalue weighted by atomic mass is 16.6. The molecule has 15 heteroatoms. The third-order valence-electron chi connectivity index (χ3n) is 7.07. The number of aliphatic hydroxyl groups excluding tert-OH is 1. The normalized spacial score (nSPS) is 16.4. The number of non-ortho nitro benzene ring substituents is 1. The zero-order chi connectivity index (χ0) is 34.0. The topological polar surface area (TPSA) is 223 Å². The van der Waals surface area contributed by atoms with Gasteiger partial charge < -0.3 is 36.4 Å². The summed E-state index contributed by atoms with van der Waals surface area (Å²) in [5, 5.41) is 30.0. The van der Waals surface area contributed by atoms with E-state index < -0.39 is 71.3 Å². The maximum Gasteiger partial charge on any atom is 0.269 e. The largest absolute Gasteiger partial charge is 0.484 e. The van der Waals surface area contributed by atoms with Crippen molar-refractivity contribution in [3.8, 4) is 5.75 Å². The van der Waals surface area contributed by atoms with Crippen molar-refractivity contribution in [2.75, 3.05) is 13.2 Å². The summed E-state index contributed by atoms with van der Waals surface area (Å²) in [7, 11) is 0. The number of carbonyl (C=O) groups is 5. The van der Waals surface area contributed by atoms with Crippen molar-refractivity contribution in [2.24, 2.45) is 5.73 Å². The quantitative estimate of drug-likeness (QED) is 0.141. The number of nitro benzene ring substituents is 1. The highest BCUT2D eigenvalue weighted by Crippen LogP contribution is 2.21.